The molecule has 0 atom stereocenters. The summed E-state index contributed by atoms with van der Waals surface area (Å²) in [6.07, 6.45) is 1.52. The number of aryl methyl sites for hydroxylation is 1. The second-order valence-electron chi connectivity index (χ2n) is 5.97. The maximum absolute atomic E-state index is 12.7. The van der Waals surface area contributed by atoms with Gasteiger partial charge in [-0.1, -0.05) is 23.7 Å². The molecule has 140 valence electrons. The lowest BCUT2D eigenvalue weighted by Crippen LogP contribution is -2.14. The van der Waals surface area contributed by atoms with E-state index in [1.807, 2.05) is 13.0 Å². The number of pyridine rings is 1. The van der Waals surface area contributed by atoms with Crippen molar-refractivity contribution in [1.29, 1.82) is 5.26 Å². The van der Waals surface area contributed by atoms with Crippen LogP contribution < -0.4 is 15.4 Å². The number of anilines is 3. The Bertz CT molecular complexity index is 1080. The Kier molecular flexibility index (Phi) is 5.78. The molecule has 1 aromatic heterocycles. The highest BCUT2D eigenvalue weighted by atomic mass is 35.5. The Hall–Kier alpha value is -3.56. The standard InChI is InChI=1S/C21H17ClN4O2/c1-13-9-18(20(28-2)11-16(13)22)26-21(27)19-10-15(7-8-24-19)25-17-6-4-3-5-14(17)12-23/h3-11H,1-2H3,(H,24,25)(H,26,27). The number of ether oxygens (including phenoxy) is 1. The molecule has 3 rings (SSSR count). The van der Waals surface area contributed by atoms with E-state index >= 15 is 0 Å². The number of aromatic nitrogens is 1. The molecule has 1 heterocycles. The molecule has 0 spiro atoms. The van der Waals surface area contributed by atoms with E-state index in [0.29, 0.717) is 33.4 Å². The fourth-order valence-electron chi connectivity index (χ4n) is 2.59. The van der Waals surface area contributed by atoms with Gasteiger partial charge in [0, 0.05) is 23.0 Å². The number of methoxy groups -OCH3 is 1. The van der Waals surface area contributed by atoms with Gasteiger partial charge in [-0.05, 0) is 42.8 Å². The van der Waals surface area contributed by atoms with Crippen molar-refractivity contribution in [2.45, 2.75) is 6.92 Å². The summed E-state index contributed by atoms with van der Waals surface area (Å²) >= 11 is 6.10. The number of nitrogens with one attached hydrogen (secondary N) is 2. The summed E-state index contributed by atoms with van der Waals surface area (Å²) in [6, 6.07) is 16.0. The lowest BCUT2D eigenvalue weighted by atomic mass is 10.2. The number of amides is 1. The van der Waals surface area contributed by atoms with Crippen LogP contribution in [0.1, 0.15) is 21.6 Å². The number of nitriles is 1. The van der Waals surface area contributed by atoms with Gasteiger partial charge < -0.3 is 15.4 Å². The second kappa shape index (κ2) is 8.42. The molecule has 2 N–H and O–H groups in total. The van der Waals surface area contributed by atoms with Crippen LogP contribution in [0.5, 0.6) is 5.75 Å². The largest absolute Gasteiger partial charge is 0.495 e. The third kappa shape index (κ3) is 4.22. The number of hydrogen-bond donors (Lipinski definition) is 2. The molecule has 2 aromatic carbocycles. The lowest BCUT2D eigenvalue weighted by Gasteiger charge is -2.13. The SMILES string of the molecule is COc1cc(Cl)c(C)cc1NC(=O)c1cc(Nc2ccccc2C#N)ccn1. The smallest absolute Gasteiger partial charge is 0.274 e. The molecular formula is C21H17ClN4O2. The minimum absolute atomic E-state index is 0.217. The van der Waals surface area contributed by atoms with Crippen molar-refractivity contribution in [1.82, 2.24) is 4.98 Å². The fraction of sp³-hybridized carbons (Fsp3) is 0.0952. The van der Waals surface area contributed by atoms with Gasteiger partial charge in [-0.2, -0.15) is 5.26 Å². The Morgan fingerprint density at radius 1 is 1.18 bits per heavy atom. The van der Waals surface area contributed by atoms with Gasteiger partial charge >= 0.3 is 0 Å². The number of carbonyl (C=O) groups is 1. The highest BCUT2D eigenvalue weighted by molar-refractivity contribution is 6.31. The molecule has 1 amide bonds. The van der Waals surface area contributed by atoms with E-state index in [0.717, 1.165) is 5.56 Å². The molecule has 3 aromatic rings. The molecule has 0 unspecified atom stereocenters. The van der Waals surface area contributed by atoms with Crippen LogP contribution in [0.4, 0.5) is 17.1 Å². The average Bonchev–Trinajstić information content (AvgIpc) is 2.71. The van der Waals surface area contributed by atoms with E-state index < -0.39 is 5.91 Å². The zero-order chi connectivity index (χ0) is 20.1. The van der Waals surface area contributed by atoms with Gasteiger partial charge in [-0.15, -0.1) is 0 Å². The van der Waals surface area contributed by atoms with Crippen LogP contribution in [-0.4, -0.2) is 18.0 Å². The number of para-hydroxylation sites is 1. The summed E-state index contributed by atoms with van der Waals surface area (Å²) in [4.78, 5) is 16.8. The van der Waals surface area contributed by atoms with Crippen LogP contribution in [0.25, 0.3) is 0 Å². The van der Waals surface area contributed by atoms with Crippen LogP contribution in [0.3, 0.4) is 0 Å². The monoisotopic (exact) mass is 392 g/mol. The Morgan fingerprint density at radius 3 is 2.71 bits per heavy atom. The molecule has 0 saturated heterocycles. The zero-order valence-corrected chi connectivity index (χ0v) is 16.0. The molecule has 0 aliphatic rings. The normalized spacial score (nSPS) is 10.1. The Morgan fingerprint density at radius 2 is 1.96 bits per heavy atom. The number of rotatable bonds is 5. The van der Waals surface area contributed by atoms with Crippen molar-refractivity contribution in [2.75, 3.05) is 17.7 Å². The zero-order valence-electron chi connectivity index (χ0n) is 15.3. The minimum atomic E-state index is -0.391. The minimum Gasteiger partial charge on any atom is -0.495 e. The van der Waals surface area contributed by atoms with Crippen molar-refractivity contribution in [3.8, 4) is 11.8 Å². The van der Waals surface area contributed by atoms with Crippen LogP contribution in [0.2, 0.25) is 5.02 Å². The summed E-state index contributed by atoms with van der Waals surface area (Å²) in [6.45, 7) is 1.84. The Labute approximate surface area is 167 Å². The number of benzene rings is 2. The van der Waals surface area contributed by atoms with Gasteiger partial charge in [0.25, 0.3) is 5.91 Å². The van der Waals surface area contributed by atoms with Crippen LogP contribution in [0, 0.1) is 18.3 Å². The van der Waals surface area contributed by atoms with Gasteiger partial charge in [0.1, 0.15) is 17.5 Å². The predicted octanol–water partition coefficient (Wildman–Crippen LogP) is 4.92. The van der Waals surface area contributed by atoms with Crippen molar-refractivity contribution >= 4 is 34.6 Å². The summed E-state index contributed by atoms with van der Waals surface area (Å²) in [5.74, 6) is 0.0680. The van der Waals surface area contributed by atoms with E-state index in [4.69, 9.17) is 16.3 Å². The van der Waals surface area contributed by atoms with Crippen molar-refractivity contribution in [2.24, 2.45) is 0 Å². The van der Waals surface area contributed by atoms with Gasteiger partial charge in [0.2, 0.25) is 0 Å². The van der Waals surface area contributed by atoms with Crippen molar-refractivity contribution in [3.05, 3.63) is 76.6 Å². The van der Waals surface area contributed by atoms with Gasteiger partial charge in [0.15, 0.2) is 0 Å². The molecule has 0 radical (unpaired) electrons. The highest BCUT2D eigenvalue weighted by Crippen LogP contribution is 2.31. The molecule has 0 fully saturated rings. The topological polar surface area (TPSA) is 87.0 Å². The average molecular weight is 393 g/mol. The predicted molar refractivity (Wildman–Crippen MR) is 109 cm³/mol. The summed E-state index contributed by atoms with van der Waals surface area (Å²) in [5.41, 5.74) is 3.33. The van der Waals surface area contributed by atoms with Crippen molar-refractivity contribution in [3.63, 3.8) is 0 Å². The first-order chi connectivity index (χ1) is 13.5. The van der Waals surface area contributed by atoms with Gasteiger partial charge in [-0.3, -0.25) is 9.78 Å². The number of carbonyl (C=O) groups excluding carboxylic acids is 1. The van der Waals surface area contributed by atoms with Gasteiger partial charge in [-0.25, -0.2) is 0 Å². The third-order valence-electron chi connectivity index (χ3n) is 4.05. The molecule has 0 aliphatic carbocycles. The third-order valence-corrected chi connectivity index (χ3v) is 4.46. The molecule has 28 heavy (non-hydrogen) atoms. The number of halogens is 1. The second-order valence-corrected chi connectivity index (χ2v) is 6.38. The number of nitrogens with zero attached hydrogens (tertiary/aromatic N) is 2. The van der Waals surface area contributed by atoms with Gasteiger partial charge in [0.05, 0.1) is 24.0 Å². The van der Waals surface area contributed by atoms with E-state index in [1.54, 1.807) is 42.5 Å². The molecule has 7 heteroatoms. The fourth-order valence-corrected chi connectivity index (χ4v) is 2.75. The molecule has 0 aliphatic heterocycles. The summed E-state index contributed by atoms with van der Waals surface area (Å²) in [7, 11) is 1.51. The maximum Gasteiger partial charge on any atom is 0.274 e. The summed E-state index contributed by atoms with van der Waals surface area (Å²) in [5, 5.41) is 15.7. The highest BCUT2D eigenvalue weighted by Gasteiger charge is 2.14. The first-order valence-corrected chi connectivity index (χ1v) is 8.77. The molecule has 6 nitrogen and oxygen atoms in total. The van der Waals surface area contributed by atoms with Crippen LogP contribution in [0.15, 0.2) is 54.7 Å². The van der Waals surface area contributed by atoms with E-state index in [9.17, 15) is 10.1 Å². The first-order valence-electron chi connectivity index (χ1n) is 8.39. The number of hydrogen-bond acceptors (Lipinski definition) is 5. The molecule has 0 bridgehead atoms. The maximum atomic E-state index is 12.7. The molecular weight excluding hydrogens is 376 g/mol. The van der Waals surface area contributed by atoms with Crippen LogP contribution >= 0.6 is 11.6 Å². The summed E-state index contributed by atoms with van der Waals surface area (Å²) < 4.78 is 5.28. The quantitative estimate of drug-likeness (QED) is 0.643. The Balaban J connectivity index is 1.83. The van der Waals surface area contributed by atoms with E-state index in [1.165, 1.54) is 13.3 Å². The molecule has 0 saturated carbocycles. The van der Waals surface area contributed by atoms with E-state index in [-0.39, 0.29) is 5.69 Å². The van der Waals surface area contributed by atoms with Crippen molar-refractivity contribution < 1.29 is 9.53 Å². The first kappa shape index (κ1) is 19.2. The van der Waals surface area contributed by atoms with Crippen LogP contribution in [-0.2, 0) is 0 Å². The lowest BCUT2D eigenvalue weighted by molar-refractivity contribution is 0.102. The van der Waals surface area contributed by atoms with E-state index in [2.05, 4.69) is 21.7 Å².